The Labute approximate surface area is 144 Å². The highest BCUT2D eigenvalue weighted by Gasteiger charge is 2.15. The molecule has 0 atom stereocenters. The van der Waals surface area contributed by atoms with Crippen LogP contribution < -0.4 is 4.74 Å². The fourth-order valence-electron chi connectivity index (χ4n) is 2.24. The minimum absolute atomic E-state index is 0.701. The molecule has 23 heavy (non-hydrogen) atoms. The normalized spacial score (nSPS) is 10.7. The fourth-order valence-corrected chi connectivity index (χ4v) is 3.05. The first kappa shape index (κ1) is 15.9. The van der Waals surface area contributed by atoms with Crippen molar-refractivity contribution < 1.29 is 4.74 Å². The van der Waals surface area contributed by atoms with E-state index in [1.165, 1.54) is 0 Å². The molecule has 4 nitrogen and oxygen atoms in total. The van der Waals surface area contributed by atoms with Gasteiger partial charge in [-0.2, -0.15) is 0 Å². The van der Waals surface area contributed by atoms with E-state index in [1.807, 2.05) is 48.5 Å². The molecule has 118 valence electrons. The third-order valence-electron chi connectivity index (χ3n) is 3.34. The molecule has 0 N–H and O–H groups in total. The summed E-state index contributed by atoms with van der Waals surface area (Å²) in [6.45, 7) is 2.10. The smallest absolute Gasteiger partial charge is 0.196 e. The van der Waals surface area contributed by atoms with Gasteiger partial charge in [0.15, 0.2) is 11.0 Å². The average Bonchev–Trinajstić information content (AvgIpc) is 3.00. The maximum Gasteiger partial charge on any atom is 0.196 e. The van der Waals surface area contributed by atoms with Crippen molar-refractivity contribution in [2.45, 2.75) is 12.1 Å². The largest absolute Gasteiger partial charge is 0.497 e. The predicted molar refractivity (Wildman–Crippen MR) is 94.8 cm³/mol. The molecule has 1 aromatic heterocycles. The minimum atomic E-state index is 0.701. The number of thioether (sulfide) groups is 1. The first-order valence-corrected chi connectivity index (χ1v) is 8.58. The Balaban J connectivity index is 2.11. The molecule has 1 heterocycles. The second-order valence-corrected chi connectivity index (χ2v) is 6.45. The Morgan fingerprint density at radius 3 is 2.35 bits per heavy atom. The number of halogens is 1. The summed E-state index contributed by atoms with van der Waals surface area (Å²) in [5.41, 5.74) is 1.97. The maximum atomic E-state index is 5.98. The topological polar surface area (TPSA) is 39.9 Å². The van der Waals surface area contributed by atoms with Crippen LogP contribution in [0.4, 0.5) is 0 Å². The van der Waals surface area contributed by atoms with Gasteiger partial charge >= 0.3 is 0 Å². The lowest BCUT2D eigenvalue weighted by atomic mass is 10.2. The van der Waals surface area contributed by atoms with Crippen LogP contribution in [0.1, 0.15) is 6.92 Å². The van der Waals surface area contributed by atoms with Crippen LogP contribution in [0.5, 0.6) is 5.75 Å². The number of benzene rings is 2. The summed E-state index contributed by atoms with van der Waals surface area (Å²) in [6, 6.07) is 15.5. The van der Waals surface area contributed by atoms with E-state index in [2.05, 4.69) is 21.7 Å². The highest BCUT2D eigenvalue weighted by molar-refractivity contribution is 7.99. The van der Waals surface area contributed by atoms with Crippen molar-refractivity contribution in [1.29, 1.82) is 0 Å². The minimum Gasteiger partial charge on any atom is -0.497 e. The lowest BCUT2D eigenvalue weighted by Gasteiger charge is -2.10. The van der Waals surface area contributed by atoms with Crippen LogP contribution in [0.25, 0.3) is 17.1 Å². The molecular weight excluding hydrogens is 330 g/mol. The van der Waals surface area contributed by atoms with Gasteiger partial charge in [0.05, 0.1) is 7.11 Å². The van der Waals surface area contributed by atoms with Crippen LogP contribution in [-0.4, -0.2) is 27.6 Å². The number of rotatable bonds is 5. The van der Waals surface area contributed by atoms with E-state index >= 15 is 0 Å². The Morgan fingerprint density at radius 1 is 1.04 bits per heavy atom. The molecule has 3 aromatic rings. The van der Waals surface area contributed by atoms with Crippen molar-refractivity contribution in [3.63, 3.8) is 0 Å². The Hall–Kier alpha value is -1.98. The first-order chi connectivity index (χ1) is 11.2. The van der Waals surface area contributed by atoms with Crippen molar-refractivity contribution in [2.75, 3.05) is 12.9 Å². The SMILES string of the molecule is CCSc1nnc(-c2ccc(Cl)cc2)n1-c1ccc(OC)cc1. The van der Waals surface area contributed by atoms with Crippen molar-refractivity contribution in [3.8, 4) is 22.8 Å². The molecule has 0 unspecified atom stereocenters. The van der Waals surface area contributed by atoms with Gasteiger partial charge in [0.25, 0.3) is 0 Å². The summed E-state index contributed by atoms with van der Waals surface area (Å²) >= 11 is 7.64. The van der Waals surface area contributed by atoms with Crippen LogP contribution >= 0.6 is 23.4 Å². The molecule has 0 aliphatic heterocycles. The van der Waals surface area contributed by atoms with Gasteiger partial charge in [-0.3, -0.25) is 4.57 Å². The molecule has 6 heteroatoms. The van der Waals surface area contributed by atoms with Crippen LogP contribution in [0.2, 0.25) is 5.02 Å². The van der Waals surface area contributed by atoms with Crippen molar-refractivity contribution >= 4 is 23.4 Å². The van der Waals surface area contributed by atoms with Crippen molar-refractivity contribution in [3.05, 3.63) is 53.6 Å². The van der Waals surface area contributed by atoms with Crippen molar-refractivity contribution in [1.82, 2.24) is 14.8 Å². The third kappa shape index (κ3) is 3.35. The molecule has 0 fully saturated rings. The lowest BCUT2D eigenvalue weighted by molar-refractivity contribution is 0.414. The molecule has 0 saturated heterocycles. The van der Waals surface area contributed by atoms with Gasteiger partial charge in [0.1, 0.15) is 5.75 Å². The van der Waals surface area contributed by atoms with Crippen LogP contribution in [0.3, 0.4) is 0 Å². The molecule has 0 spiro atoms. The number of aromatic nitrogens is 3. The van der Waals surface area contributed by atoms with E-state index in [1.54, 1.807) is 18.9 Å². The molecule has 3 rings (SSSR count). The zero-order chi connectivity index (χ0) is 16.2. The summed E-state index contributed by atoms with van der Waals surface area (Å²) in [5.74, 6) is 2.54. The summed E-state index contributed by atoms with van der Waals surface area (Å²) in [4.78, 5) is 0. The second kappa shape index (κ2) is 7.06. The van der Waals surface area contributed by atoms with Gasteiger partial charge in [0, 0.05) is 16.3 Å². The Morgan fingerprint density at radius 2 is 1.74 bits per heavy atom. The second-order valence-electron chi connectivity index (χ2n) is 4.78. The van der Waals surface area contributed by atoms with Gasteiger partial charge in [-0.25, -0.2) is 0 Å². The first-order valence-electron chi connectivity index (χ1n) is 7.21. The van der Waals surface area contributed by atoms with Gasteiger partial charge in [0.2, 0.25) is 0 Å². The van der Waals surface area contributed by atoms with E-state index in [9.17, 15) is 0 Å². The van der Waals surface area contributed by atoms with Gasteiger partial charge in [-0.1, -0.05) is 30.3 Å². The lowest BCUT2D eigenvalue weighted by Crippen LogP contribution is -1.99. The van der Waals surface area contributed by atoms with E-state index in [0.717, 1.165) is 33.7 Å². The van der Waals surface area contributed by atoms with Crippen LogP contribution in [0.15, 0.2) is 53.7 Å². The molecule has 0 aliphatic carbocycles. The zero-order valence-electron chi connectivity index (χ0n) is 12.9. The summed E-state index contributed by atoms with van der Waals surface area (Å²) < 4.78 is 7.28. The summed E-state index contributed by atoms with van der Waals surface area (Å²) in [6.07, 6.45) is 0. The predicted octanol–water partition coefficient (Wildman–Crippen LogP) is 4.71. The molecule has 0 aliphatic rings. The zero-order valence-corrected chi connectivity index (χ0v) is 14.4. The molecule has 0 saturated carbocycles. The molecule has 0 radical (unpaired) electrons. The highest BCUT2D eigenvalue weighted by Crippen LogP contribution is 2.29. The van der Waals surface area contributed by atoms with E-state index < -0.39 is 0 Å². The Kier molecular flexibility index (Phi) is 4.88. The average molecular weight is 346 g/mol. The number of nitrogens with zero attached hydrogens (tertiary/aromatic N) is 3. The molecule has 0 bridgehead atoms. The third-order valence-corrected chi connectivity index (χ3v) is 4.40. The van der Waals surface area contributed by atoms with E-state index in [0.29, 0.717) is 5.02 Å². The standard InChI is InChI=1S/C17H16ClN3OS/c1-3-23-17-20-19-16(12-4-6-13(18)7-5-12)21(17)14-8-10-15(22-2)11-9-14/h4-11H,3H2,1-2H3. The molecule has 0 amide bonds. The number of ether oxygens (including phenoxy) is 1. The fraction of sp³-hybridized carbons (Fsp3) is 0.176. The molecular formula is C17H16ClN3OS. The van der Waals surface area contributed by atoms with Gasteiger partial charge in [-0.15, -0.1) is 10.2 Å². The number of methoxy groups -OCH3 is 1. The maximum absolute atomic E-state index is 5.98. The number of hydrogen-bond donors (Lipinski definition) is 0. The number of hydrogen-bond acceptors (Lipinski definition) is 4. The molecule has 2 aromatic carbocycles. The quantitative estimate of drug-likeness (QED) is 0.628. The summed E-state index contributed by atoms with van der Waals surface area (Å²) in [5, 5.41) is 10.3. The van der Waals surface area contributed by atoms with E-state index in [-0.39, 0.29) is 0 Å². The summed E-state index contributed by atoms with van der Waals surface area (Å²) in [7, 11) is 1.66. The van der Waals surface area contributed by atoms with Crippen LogP contribution in [-0.2, 0) is 0 Å². The van der Waals surface area contributed by atoms with Crippen molar-refractivity contribution in [2.24, 2.45) is 0 Å². The Bertz CT molecular complexity index is 785. The highest BCUT2D eigenvalue weighted by atomic mass is 35.5. The van der Waals surface area contributed by atoms with Gasteiger partial charge < -0.3 is 4.74 Å². The van der Waals surface area contributed by atoms with E-state index in [4.69, 9.17) is 16.3 Å². The van der Waals surface area contributed by atoms with Crippen LogP contribution in [0, 0.1) is 0 Å². The monoisotopic (exact) mass is 345 g/mol. The van der Waals surface area contributed by atoms with Gasteiger partial charge in [-0.05, 0) is 54.3 Å².